The van der Waals surface area contributed by atoms with E-state index in [9.17, 15) is 0 Å². The molecule has 21 heavy (non-hydrogen) atoms. The zero-order valence-electron chi connectivity index (χ0n) is 13.3. The molecule has 1 aliphatic carbocycles. The van der Waals surface area contributed by atoms with E-state index >= 15 is 0 Å². The molecular weight excluding hydrogens is 258 g/mol. The van der Waals surface area contributed by atoms with Crippen LogP contribution in [0.3, 0.4) is 0 Å². The molecule has 0 aromatic heterocycles. The zero-order valence-corrected chi connectivity index (χ0v) is 13.3. The van der Waals surface area contributed by atoms with Crippen molar-refractivity contribution in [3.63, 3.8) is 0 Å². The van der Waals surface area contributed by atoms with Gasteiger partial charge in [-0.25, -0.2) is 0 Å². The molecule has 0 spiro atoms. The molecule has 1 saturated carbocycles. The Bertz CT molecular complexity index is 456. The number of nitrogens with zero attached hydrogens (tertiary/aromatic N) is 2. The lowest BCUT2D eigenvalue weighted by Crippen LogP contribution is -2.39. The largest absolute Gasteiger partial charge is 0.399 e. The summed E-state index contributed by atoms with van der Waals surface area (Å²) >= 11 is 0. The van der Waals surface area contributed by atoms with Gasteiger partial charge in [0.2, 0.25) is 0 Å². The van der Waals surface area contributed by atoms with E-state index in [0.717, 1.165) is 24.3 Å². The third-order valence-electron chi connectivity index (χ3n) is 5.07. The van der Waals surface area contributed by atoms with Gasteiger partial charge in [-0.1, -0.05) is 18.6 Å². The Labute approximate surface area is 129 Å². The van der Waals surface area contributed by atoms with Crippen molar-refractivity contribution in [1.29, 1.82) is 0 Å². The SMILES string of the molecule is CN1CCCCC1CCN(Cc1cccc(N)c1)C1CC1. The Morgan fingerprint density at radius 3 is 2.81 bits per heavy atom. The number of anilines is 1. The van der Waals surface area contributed by atoms with Crippen LogP contribution in [0.2, 0.25) is 0 Å². The maximum Gasteiger partial charge on any atom is 0.0317 e. The smallest absolute Gasteiger partial charge is 0.0317 e. The van der Waals surface area contributed by atoms with Crippen LogP contribution in [-0.2, 0) is 6.54 Å². The average molecular weight is 287 g/mol. The van der Waals surface area contributed by atoms with E-state index in [4.69, 9.17) is 5.73 Å². The van der Waals surface area contributed by atoms with Gasteiger partial charge in [0.05, 0.1) is 0 Å². The molecule has 2 aliphatic rings. The van der Waals surface area contributed by atoms with Gasteiger partial charge in [0.25, 0.3) is 0 Å². The van der Waals surface area contributed by atoms with E-state index < -0.39 is 0 Å². The van der Waals surface area contributed by atoms with Crippen LogP contribution < -0.4 is 5.73 Å². The molecule has 0 amide bonds. The van der Waals surface area contributed by atoms with Crippen molar-refractivity contribution in [3.05, 3.63) is 29.8 Å². The van der Waals surface area contributed by atoms with Crippen molar-refractivity contribution in [2.75, 3.05) is 25.9 Å². The molecule has 2 N–H and O–H groups in total. The Balaban J connectivity index is 1.55. The highest BCUT2D eigenvalue weighted by atomic mass is 15.2. The van der Waals surface area contributed by atoms with E-state index in [-0.39, 0.29) is 0 Å². The molecule has 116 valence electrons. The van der Waals surface area contributed by atoms with Gasteiger partial charge in [0.1, 0.15) is 0 Å². The highest BCUT2D eigenvalue weighted by Crippen LogP contribution is 2.29. The maximum absolute atomic E-state index is 5.91. The van der Waals surface area contributed by atoms with Crippen molar-refractivity contribution >= 4 is 5.69 Å². The number of nitrogen functional groups attached to an aromatic ring is 1. The summed E-state index contributed by atoms with van der Waals surface area (Å²) in [4.78, 5) is 5.24. The molecule has 1 atom stereocenters. The van der Waals surface area contributed by atoms with E-state index in [2.05, 4.69) is 35.0 Å². The highest BCUT2D eigenvalue weighted by molar-refractivity contribution is 5.40. The Morgan fingerprint density at radius 2 is 2.10 bits per heavy atom. The topological polar surface area (TPSA) is 32.5 Å². The van der Waals surface area contributed by atoms with Gasteiger partial charge in [-0.15, -0.1) is 0 Å². The molecule has 0 bridgehead atoms. The molecule has 1 aliphatic heterocycles. The second kappa shape index (κ2) is 6.80. The molecule has 0 radical (unpaired) electrons. The van der Waals surface area contributed by atoms with Gasteiger partial charge in [0.15, 0.2) is 0 Å². The minimum Gasteiger partial charge on any atom is -0.399 e. The van der Waals surface area contributed by atoms with Crippen LogP contribution in [0, 0.1) is 0 Å². The minimum absolute atomic E-state index is 0.792. The lowest BCUT2D eigenvalue weighted by atomic mass is 10.00. The van der Waals surface area contributed by atoms with Crippen LogP contribution in [0.5, 0.6) is 0 Å². The first-order valence-corrected chi connectivity index (χ1v) is 8.51. The summed E-state index contributed by atoms with van der Waals surface area (Å²) in [5.74, 6) is 0. The van der Waals surface area contributed by atoms with Crippen LogP contribution in [0.25, 0.3) is 0 Å². The summed E-state index contributed by atoms with van der Waals surface area (Å²) in [5, 5.41) is 0. The number of likely N-dealkylation sites (tertiary alicyclic amines) is 1. The molecule has 2 fully saturated rings. The minimum atomic E-state index is 0.792. The lowest BCUT2D eigenvalue weighted by Gasteiger charge is -2.34. The summed E-state index contributed by atoms with van der Waals surface area (Å²) in [5.41, 5.74) is 8.15. The molecule has 1 heterocycles. The van der Waals surface area contributed by atoms with E-state index in [1.807, 2.05) is 6.07 Å². The quantitative estimate of drug-likeness (QED) is 0.816. The van der Waals surface area contributed by atoms with Gasteiger partial charge in [-0.3, -0.25) is 4.90 Å². The molecular formula is C18H29N3. The maximum atomic E-state index is 5.91. The van der Waals surface area contributed by atoms with Crippen molar-refractivity contribution in [1.82, 2.24) is 9.80 Å². The Morgan fingerprint density at radius 1 is 1.24 bits per heavy atom. The van der Waals surface area contributed by atoms with Crippen molar-refractivity contribution < 1.29 is 0 Å². The third-order valence-corrected chi connectivity index (χ3v) is 5.07. The van der Waals surface area contributed by atoms with Crippen LogP contribution in [0.15, 0.2) is 24.3 Å². The third kappa shape index (κ3) is 4.21. The first-order valence-electron chi connectivity index (χ1n) is 8.51. The molecule has 3 heteroatoms. The van der Waals surface area contributed by atoms with Crippen LogP contribution in [0.1, 0.15) is 44.1 Å². The Hall–Kier alpha value is -1.06. The second-order valence-corrected chi connectivity index (χ2v) is 6.87. The van der Waals surface area contributed by atoms with Crippen molar-refractivity contribution in [2.45, 2.75) is 57.2 Å². The lowest BCUT2D eigenvalue weighted by molar-refractivity contribution is 0.149. The fraction of sp³-hybridized carbons (Fsp3) is 0.667. The van der Waals surface area contributed by atoms with Crippen LogP contribution in [-0.4, -0.2) is 42.0 Å². The number of benzene rings is 1. The standard InChI is InChI=1S/C18H29N3/c1-20-11-3-2-7-17(20)10-12-21(18-8-9-18)14-15-5-4-6-16(19)13-15/h4-6,13,17-18H,2-3,7-12,14,19H2,1H3. The molecule has 3 rings (SSSR count). The van der Waals surface area contributed by atoms with Crippen molar-refractivity contribution in [3.8, 4) is 0 Å². The first-order chi connectivity index (χ1) is 10.2. The summed E-state index contributed by atoms with van der Waals surface area (Å²) in [6, 6.07) is 9.99. The predicted octanol–water partition coefficient (Wildman–Crippen LogP) is 3.11. The zero-order chi connectivity index (χ0) is 14.7. The molecule has 1 aromatic rings. The Kier molecular flexibility index (Phi) is 4.81. The number of hydrogen-bond acceptors (Lipinski definition) is 3. The number of piperidine rings is 1. The van der Waals surface area contributed by atoms with Crippen LogP contribution >= 0.6 is 0 Å². The van der Waals surface area contributed by atoms with Gasteiger partial charge in [-0.2, -0.15) is 0 Å². The summed E-state index contributed by atoms with van der Waals surface area (Å²) in [6.45, 7) is 3.57. The van der Waals surface area contributed by atoms with E-state index in [1.54, 1.807) is 0 Å². The van der Waals surface area contributed by atoms with Gasteiger partial charge < -0.3 is 10.6 Å². The molecule has 1 saturated heterocycles. The normalized spacial score (nSPS) is 23.6. The average Bonchev–Trinajstić information content (AvgIpc) is 3.29. The van der Waals surface area contributed by atoms with E-state index in [0.29, 0.717) is 0 Å². The van der Waals surface area contributed by atoms with Gasteiger partial charge in [-0.05, 0) is 63.4 Å². The molecule has 3 nitrogen and oxygen atoms in total. The predicted molar refractivity (Wildman–Crippen MR) is 89.2 cm³/mol. The highest BCUT2D eigenvalue weighted by Gasteiger charge is 2.30. The van der Waals surface area contributed by atoms with Gasteiger partial charge in [0, 0.05) is 30.9 Å². The van der Waals surface area contributed by atoms with E-state index in [1.165, 1.54) is 57.2 Å². The number of nitrogens with two attached hydrogens (primary N) is 1. The fourth-order valence-electron chi connectivity index (χ4n) is 3.58. The fourth-order valence-corrected chi connectivity index (χ4v) is 3.58. The van der Waals surface area contributed by atoms with Crippen LogP contribution in [0.4, 0.5) is 5.69 Å². The van der Waals surface area contributed by atoms with Gasteiger partial charge >= 0.3 is 0 Å². The number of rotatable bonds is 6. The first kappa shape index (κ1) is 14.9. The molecule has 1 unspecified atom stereocenters. The monoisotopic (exact) mass is 287 g/mol. The number of hydrogen-bond donors (Lipinski definition) is 1. The summed E-state index contributed by atoms with van der Waals surface area (Å²) < 4.78 is 0. The molecule has 1 aromatic carbocycles. The summed E-state index contributed by atoms with van der Waals surface area (Å²) in [7, 11) is 2.29. The second-order valence-electron chi connectivity index (χ2n) is 6.87. The van der Waals surface area contributed by atoms with Crippen molar-refractivity contribution in [2.24, 2.45) is 0 Å². The summed E-state index contributed by atoms with van der Waals surface area (Å²) in [6.07, 6.45) is 8.24.